The number of ether oxygens (including phenoxy) is 1. The second-order valence-electron chi connectivity index (χ2n) is 4.75. The summed E-state index contributed by atoms with van der Waals surface area (Å²) in [5.41, 5.74) is 3.16. The van der Waals surface area contributed by atoms with Gasteiger partial charge in [-0.3, -0.25) is 0 Å². The van der Waals surface area contributed by atoms with Crippen LogP contribution in [0, 0.1) is 0 Å². The minimum atomic E-state index is 0.830. The highest BCUT2D eigenvalue weighted by molar-refractivity contribution is 5.83. The molecule has 2 aromatic carbocycles. The Morgan fingerprint density at radius 1 is 0.810 bits per heavy atom. The van der Waals surface area contributed by atoms with Crippen LogP contribution in [0.15, 0.2) is 58.7 Å². The second kappa shape index (κ2) is 7.24. The van der Waals surface area contributed by atoms with Crippen LogP contribution in [0.1, 0.15) is 11.1 Å². The maximum atomic E-state index is 5.10. The fourth-order valence-corrected chi connectivity index (χ4v) is 1.75. The molecule has 0 spiro atoms. The Labute approximate surface area is 125 Å². The first-order chi connectivity index (χ1) is 10.2. The Morgan fingerprint density at radius 3 is 1.71 bits per heavy atom. The van der Waals surface area contributed by atoms with E-state index >= 15 is 0 Å². The molecule has 2 rings (SSSR count). The van der Waals surface area contributed by atoms with Crippen molar-refractivity contribution in [1.29, 1.82) is 0 Å². The van der Waals surface area contributed by atoms with Crippen molar-refractivity contribution in [3.63, 3.8) is 0 Å². The topological polar surface area (TPSA) is 37.2 Å². The van der Waals surface area contributed by atoms with Gasteiger partial charge in [-0.25, -0.2) is 0 Å². The summed E-state index contributed by atoms with van der Waals surface area (Å²) in [7, 11) is 5.68. The van der Waals surface area contributed by atoms with Crippen LogP contribution in [-0.4, -0.2) is 33.6 Å². The highest BCUT2D eigenvalue weighted by Gasteiger charge is 1.93. The van der Waals surface area contributed by atoms with Crippen molar-refractivity contribution >= 4 is 18.1 Å². The lowest BCUT2D eigenvalue weighted by atomic mass is 10.2. The number of nitrogens with zero attached hydrogens (tertiary/aromatic N) is 3. The van der Waals surface area contributed by atoms with Gasteiger partial charge in [0.1, 0.15) is 5.75 Å². The average Bonchev–Trinajstić information content (AvgIpc) is 2.52. The molecule has 0 aliphatic rings. The zero-order valence-electron chi connectivity index (χ0n) is 12.5. The van der Waals surface area contributed by atoms with Gasteiger partial charge >= 0.3 is 0 Å². The lowest BCUT2D eigenvalue weighted by Crippen LogP contribution is -2.08. The first kappa shape index (κ1) is 14.8. The molecule has 0 bridgehead atoms. The summed E-state index contributed by atoms with van der Waals surface area (Å²) < 4.78 is 5.10. The van der Waals surface area contributed by atoms with Gasteiger partial charge in [0.15, 0.2) is 0 Å². The van der Waals surface area contributed by atoms with E-state index in [0.717, 1.165) is 22.6 Å². The van der Waals surface area contributed by atoms with E-state index in [0.29, 0.717) is 0 Å². The van der Waals surface area contributed by atoms with Gasteiger partial charge in [0, 0.05) is 19.8 Å². The molecule has 0 aromatic heterocycles. The van der Waals surface area contributed by atoms with E-state index in [1.54, 1.807) is 19.5 Å². The van der Waals surface area contributed by atoms with Gasteiger partial charge in [-0.1, -0.05) is 12.1 Å². The SMILES string of the molecule is COc1ccc(/C=N/N=C/c2ccc(N(C)C)cc2)cc1. The van der Waals surface area contributed by atoms with Gasteiger partial charge < -0.3 is 9.64 Å². The Kier molecular flexibility index (Phi) is 5.10. The molecule has 0 heterocycles. The van der Waals surface area contributed by atoms with E-state index in [2.05, 4.69) is 27.2 Å². The van der Waals surface area contributed by atoms with Gasteiger partial charge in [-0.05, 0) is 47.5 Å². The number of hydrogen-bond acceptors (Lipinski definition) is 4. The van der Waals surface area contributed by atoms with Gasteiger partial charge in [-0.2, -0.15) is 10.2 Å². The van der Waals surface area contributed by atoms with Crippen molar-refractivity contribution in [1.82, 2.24) is 0 Å². The molecule has 0 radical (unpaired) electrons. The monoisotopic (exact) mass is 281 g/mol. The summed E-state index contributed by atoms with van der Waals surface area (Å²) in [5, 5.41) is 8.10. The number of rotatable bonds is 5. The summed E-state index contributed by atoms with van der Waals surface area (Å²) in [6, 6.07) is 15.8. The van der Waals surface area contributed by atoms with Crippen LogP contribution in [0.5, 0.6) is 5.75 Å². The molecule has 4 nitrogen and oxygen atoms in total. The first-order valence-corrected chi connectivity index (χ1v) is 6.67. The molecule has 2 aromatic rings. The van der Waals surface area contributed by atoms with Crippen LogP contribution >= 0.6 is 0 Å². The van der Waals surface area contributed by atoms with Crippen LogP contribution in [0.25, 0.3) is 0 Å². The van der Waals surface area contributed by atoms with E-state index in [-0.39, 0.29) is 0 Å². The van der Waals surface area contributed by atoms with Crippen molar-refractivity contribution in [3.8, 4) is 5.75 Å². The van der Waals surface area contributed by atoms with Gasteiger partial charge in [0.25, 0.3) is 0 Å². The standard InChI is InChI=1S/C17H19N3O/c1-20(2)16-8-4-14(5-9-16)12-18-19-13-15-6-10-17(21-3)11-7-15/h4-13H,1-3H3/b18-12+,19-13+. The molecule has 0 aliphatic carbocycles. The van der Waals surface area contributed by atoms with Gasteiger partial charge in [0.05, 0.1) is 19.5 Å². The smallest absolute Gasteiger partial charge is 0.118 e. The zero-order chi connectivity index (χ0) is 15.1. The molecule has 0 saturated heterocycles. The first-order valence-electron chi connectivity index (χ1n) is 6.67. The molecule has 0 fully saturated rings. The normalized spacial score (nSPS) is 11.2. The zero-order valence-corrected chi connectivity index (χ0v) is 12.5. The molecule has 0 atom stereocenters. The summed E-state index contributed by atoms with van der Waals surface area (Å²) in [6.07, 6.45) is 3.45. The number of methoxy groups -OCH3 is 1. The van der Waals surface area contributed by atoms with E-state index in [1.807, 2.05) is 50.5 Å². The maximum absolute atomic E-state index is 5.10. The van der Waals surface area contributed by atoms with Crippen molar-refractivity contribution in [2.45, 2.75) is 0 Å². The quantitative estimate of drug-likeness (QED) is 0.623. The fourth-order valence-electron chi connectivity index (χ4n) is 1.75. The Balaban J connectivity index is 1.96. The summed E-state index contributed by atoms with van der Waals surface area (Å²) >= 11 is 0. The molecule has 108 valence electrons. The van der Waals surface area contributed by atoms with Crippen molar-refractivity contribution in [2.24, 2.45) is 10.2 Å². The van der Waals surface area contributed by atoms with Crippen LogP contribution < -0.4 is 9.64 Å². The van der Waals surface area contributed by atoms with E-state index in [9.17, 15) is 0 Å². The maximum Gasteiger partial charge on any atom is 0.118 e. The minimum absolute atomic E-state index is 0.830. The number of benzene rings is 2. The highest BCUT2D eigenvalue weighted by atomic mass is 16.5. The van der Waals surface area contributed by atoms with Crippen molar-refractivity contribution in [3.05, 3.63) is 59.7 Å². The van der Waals surface area contributed by atoms with E-state index in [4.69, 9.17) is 4.74 Å². The van der Waals surface area contributed by atoms with Gasteiger partial charge in [-0.15, -0.1) is 0 Å². The highest BCUT2D eigenvalue weighted by Crippen LogP contribution is 2.11. The molecular weight excluding hydrogens is 262 g/mol. The summed E-state index contributed by atoms with van der Waals surface area (Å²) in [6.45, 7) is 0. The Hall–Kier alpha value is -2.62. The molecule has 0 unspecified atom stereocenters. The van der Waals surface area contributed by atoms with E-state index < -0.39 is 0 Å². The van der Waals surface area contributed by atoms with E-state index in [1.165, 1.54) is 0 Å². The fraction of sp³-hybridized carbons (Fsp3) is 0.176. The summed E-state index contributed by atoms with van der Waals surface area (Å²) in [4.78, 5) is 2.06. The molecule has 0 saturated carbocycles. The minimum Gasteiger partial charge on any atom is -0.497 e. The van der Waals surface area contributed by atoms with Gasteiger partial charge in [0.2, 0.25) is 0 Å². The van der Waals surface area contributed by atoms with Crippen molar-refractivity contribution < 1.29 is 4.74 Å². The average molecular weight is 281 g/mol. The molecule has 0 amide bonds. The second-order valence-corrected chi connectivity index (χ2v) is 4.75. The largest absolute Gasteiger partial charge is 0.497 e. The third-order valence-corrected chi connectivity index (χ3v) is 3.01. The summed E-state index contributed by atoms with van der Waals surface area (Å²) in [5.74, 6) is 0.830. The van der Waals surface area contributed by atoms with Crippen LogP contribution in [0.2, 0.25) is 0 Å². The van der Waals surface area contributed by atoms with Crippen LogP contribution in [-0.2, 0) is 0 Å². The predicted octanol–water partition coefficient (Wildman–Crippen LogP) is 3.21. The Morgan fingerprint density at radius 2 is 1.29 bits per heavy atom. The van der Waals surface area contributed by atoms with Crippen molar-refractivity contribution in [2.75, 3.05) is 26.1 Å². The molecule has 4 heteroatoms. The van der Waals surface area contributed by atoms with Crippen LogP contribution in [0.4, 0.5) is 5.69 Å². The number of hydrogen-bond donors (Lipinski definition) is 0. The third kappa shape index (κ3) is 4.45. The lowest BCUT2D eigenvalue weighted by Gasteiger charge is -2.11. The Bertz CT molecular complexity index is 613. The third-order valence-electron chi connectivity index (χ3n) is 3.01. The predicted molar refractivity (Wildman–Crippen MR) is 89.0 cm³/mol. The lowest BCUT2D eigenvalue weighted by molar-refractivity contribution is 0.415. The molecule has 0 N–H and O–H groups in total. The molecule has 0 aliphatic heterocycles. The number of anilines is 1. The molecular formula is C17H19N3O. The molecule has 21 heavy (non-hydrogen) atoms. The van der Waals surface area contributed by atoms with Crippen LogP contribution in [0.3, 0.4) is 0 Å².